The normalized spacial score (nSPS) is 25.1. The summed E-state index contributed by atoms with van der Waals surface area (Å²) < 4.78 is 42.1. The fourth-order valence-corrected chi connectivity index (χ4v) is 4.32. The van der Waals surface area contributed by atoms with Crippen molar-refractivity contribution in [2.45, 2.75) is 38.6 Å². The van der Waals surface area contributed by atoms with Gasteiger partial charge in [-0.15, -0.1) is 0 Å². The predicted octanol–water partition coefficient (Wildman–Crippen LogP) is 2.37. The molecule has 1 atom stereocenters. The topological polar surface area (TPSA) is 88.2 Å². The highest BCUT2D eigenvalue weighted by Gasteiger charge is 2.39. The van der Waals surface area contributed by atoms with Crippen molar-refractivity contribution in [3.63, 3.8) is 0 Å². The second-order valence-corrected chi connectivity index (χ2v) is 8.41. The largest absolute Gasteiger partial charge is 0.489 e. The monoisotopic (exact) mass is 465 g/mol. The third-order valence-electron chi connectivity index (χ3n) is 6.14. The van der Waals surface area contributed by atoms with Crippen LogP contribution in [0.25, 0.3) is 0 Å². The number of carbonyl (C=O) groups excluding carboxylic acids is 3. The number of fused-ring (bicyclic) bond motifs is 1. The van der Waals surface area contributed by atoms with Gasteiger partial charge < -0.3 is 24.6 Å². The average molecular weight is 466 g/mol. The fraction of sp³-hybridized carbons (Fsp3) is 0.346. The summed E-state index contributed by atoms with van der Waals surface area (Å²) in [7, 11) is 0. The Hall–Kier alpha value is -3.65. The number of rotatable bonds is 6. The summed E-state index contributed by atoms with van der Waals surface area (Å²) in [6, 6.07) is 11.7. The number of nitrogens with zero attached hydrogens (tertiary/aromatic N) is 2. The van der Waals surface area contributed by atoms with Gasteiger partial charge in [-0.05, 0) is 36.1 Å². The Morgan fingerprint density at radius 2 is 1.94 bits per heavy atom. The minimum Gasteiger partial charge on any atom is -0.489 e. The van der Waals surface area contributed by atoms with Crippen LogP contribution in [0.4, 0.5) is 0 Å². The first kappa shape index (κ1) is 17.8. The van der Waals surface area contributed by atoms with Gasteiger partial charge in [0.05, 0.1) is 18.6 Å². The smallest absolute Gasteiger partial charge is 0.255 e. The molecule has 0 aliphatic carbocycles. The molecule has 0 saturated carbocycles. The predicted molar refractivity (Wildman–Crippen MR) is 124 cm³/mol. The number of carbonyl (C=O) groups is 3. The summed E-state index contributed by atoms with van der Waals surface area (Å²) in [5.74, 6) is -0.937. The molecule has 2 fully saturated rings. The first-order chi connectivity index (χ1) is 18.0. The second kappa shape index (κ2) is 9.30. The van der Waals surface area contributed by atoms with Crippen molar-refractivity contribution in [2.75, 3.05) is 19.7 Å². The number of allylic oxidation sites excluding steroid dienone is 1. The SMILES string of the molecule is [2H]C1([2H])OCC([2H])([2H])N(Cc2ccc(COc3cccc4c3CN(C3CCC(=C)NC3=O)C4=O)cc2)C1=O. The van der Waals surface area contributed by atoms with E-state index >= 15 is 0 Å². The summed E-state index contributed by atoms with van der Waals surface area (Å²) in [4.78, 5) is 40.3. The number of piperidine rings is 1. The van der Waals surface area contributed by atoms with Crippen LogP contribution in [0.3, 0.4) is 0 Å². The van der Waals surface area contributed by atoms with E-state index < -0.39 is 31.6 Å². The Bertz CT molecular complexity index is 1310. The van der Waals surface area contributed by atoms with E-state index in [0.717, 1.165) is 16.0 Å². The number of ether oxygens (including phenoxy) is 2. The first-order valence-electron chi connectivity index (χ1n) is 13.0. The molecule has 2 aromatic carbocycles. The van der Waals surface area contributed by atoms with Crippen molar-refractivity contribution >= 4 is 17.7 Å². The number of hydrogen-bond donors (Lipinski definition) is 1. The van der Waals surface area contributed by atoms with Crippen LogP contribution in [-0.2, 0) is 34.0 Å². The van der Waals surface area contributed by atoms with Crippen LogP contribution in [0.1, 0.15) is 45.4 Å². The maximum Gasteiger partial charge on any atom is 0.255 e. The number of hydrogen-bond acceptors (Lipinski definition) is 5. The van der Waals surface area contributed by atoms with Gasteiger partial charge in [-0.2, -0.15) is 0 Å². The molecular weight excluding hydrogens is 434 g/mol. The van der Waals surface area contributed by atoms with Gasteiger partial charge in [-0.3, -0.25) is 14.4 Å². The number of nitrogens with one attached hydrogen (secondary N) is 1. The van der Waals surface area contributed by atoms with Gasteiger partial charge in [0.15, 0.2) is 0 Å². The lowest BCUT2D eigenvalue weighted by molar-refractivity contribution is -0.143. The third-order valence-corrected chi connectivity index (χ3v) is 6.14. The lowest BCUT2D eigenvalue weighted by Gasteiger charge is -2.31. The molecule has 3 amide bonds. The molecule has 2 aromatic rings. The first-order valence-corrected chi connectivity index (χ1v) is 11.0. The van der Waals surface area contributed by atoms with Gasteiger partial charge in [0.2, 0.25) is 11.8 Å². The van der Waals surface area contributed by atoms with E-state index in [1.54, 1.807) is 47.4 Å². The summed E-state index contributed by atoms with van der Waals surface area (Å²) in [5, 5.41) is 2.73. The van der Waals surface area contributed by atoms with Crippen LogP contribution in [0.15, 0.2) is 54.7 Å². The Labute approximate surface area is 203 Å². The zero-order valence-electron chi connectivity index (χ0n) is 22.5. The average Bonchev–Trinajstić information content (AvgIpc) is 3.21. The molecule has 8 heteroatoms. The van der Waals surface area contributed by atoms with Crippen molar-refractivity contribution in [1.82, 2.24) is 15.1 Å². The molecule has 1 unspecified atom stereocenters. The second-order valence-electron chi connectivity index (χ2n) is 8.41. The molecule has 0 spiro atoms. The Morgan fingerprint density at radius 1 is 1.15 bits per heavy atom. The third kappa shape index (κ3) is 4.41. The van der Waals surface area contributed by atoms with E-state index in [1.807, 2.05) is 0 Å². The summed E-state index contributed by atoms with van der Waals surface area (Å²) in [6.07, 6.45) is 1.14. The Balaban J connectivity index is 1.25. The molecule has 0 radical (unpaired) electrons. The molecule has 3 aliphatic rings. The van der Waals surface area contributed by atoms with Crippen molar-refractivity contribution in [3.8, 4) is 5.75 Å². The summed E-state index contributed by atoms with van der Waals surface area (Å²) in [5.41, 5.74) is 3.33. The number of benzene rings is 2. The van der Waals surface area contributed by atoms with E-state index in [0.29, 0.717) is 35.4 Å². The van der Waals surface area contributed by atoms with Crippen LogP contribution in [0.5, 0.6) is 5.75 Å². The Kier molecular flexibility index (Phi) is 4.86. The van der Waals surface area contributed by atoms with Gasteiger partial charge in [0.1, 0.15) is 25.0 Å². The molecule has 3 heterocycles. The van der Waals surface area contributed by atoms with E-state index in [2.05, 4.69) is 11.9 Å². The van der Waals surface area contributed by atoms with E-state index in [-0.39, 0.29) is 31.5 Å². The zero-order chi connectivity index (χ0) is 27.2. The maximum absolute atomic E-state index is 13.0. The quantitative estimate of drug-likeness (QED) is 0.708. The number of amides is 3. The lowest BCUT2D eigenvalue weighted by Crippen LogP contribution is -2.49. The molecule has 34 heavy (non-hydrogen) atoms. The van der Waals surface area contributed by atoms with Crippen molar-refractivity contribution in [1.29, 1.82) is 0 Å². The minimum atomic E-state index is -2.57. The van der Waals surface area contributed by atoms with Crippen LogP contribution in [0, 0.1) is 0 Å². The summed E-state index contributed by atoms with van der Waals surface area (Å²) >= 11 is 0. The summed E-state index contributed by atoms with van der Waals surface area (Å²) in [6.45, 7) is -1.09. The van der Waals surface area contributed by atoms with E-state index in [4.69, 9.17) is 15.0 Å². The molecular formula is C26H27N3O5. The molecule has 2 saturated heterocycles. The van der Waals surface area contributed by atoms with Gasteiger partial charge in [-0.25, -0.2) is 0 Å². The van der Waals surface area contributed by atoms with Gasteiger partial charge in [0, 0.05) is 29.9 Å². The fourth-order valence-electron chi connectivity index (χ4n) is 4.32. The van der Waals surface area contributed by atoms with Crippen molar-refractivity contribution in [3.05, 3.63) is 77.0 Å². The van der Waals surface area contributed by atoms with Crippen LogP contribution in [0.2, 0.25) is 0 Å². The maximum atomic E-state index is 13.0. The zero-order valence-corrected chi connectivity index (χ0v) is 18.5. The van der Waals surface area contributed by atoms with Crippen LogP contribution >= 0.6 is 0 Å². The van der Waals surface area contributed by atoms with Crippen molar-refractivity contribution < 1.29 is 29.3 Å². The molecule has 0 bridgehead atoms. The van der Waals surface area contributed by atoms with E-state index in [1.165, 1.54) is 0 Å². The van der Waals surface area contributed by atoms with Crippen molar-refractivity contribution in [2.24, 2.45) is 0 Å². The molecule has 176 valence electrons. The molecule has 1 N–H and O–H groups in total. The minimum absolute atomic E-state index is 0.109. The van der Waals surface area contributed by atoms with Gasteiger partial charge >= 0.3 is 0 Å². The molecule has 5 rings (SSSR count). The highest BCUT2D eigenvalue weighted by atomic mass is 16.5. The molecule has 3 aliphatic heterocycles. The highest BCUT2D eigenvalue weighted by Crippen LogP contribution is 2.34. The molecule has 8 nitrogen and oxygen atoms in total. The molecule has 0 aromatic heterocycles. The number of morpholine rings is 1. The highest BCUT2D eigenvalue weighted by molar-refractivity contribution is 6.02. The van der Waals surface area contributed by atoms with Gasteiger partial charge in [0.25, 0.3) is 5.91 Å². The lowest BCUT2D eigenvalue weighted by atomic mass is 10.0. The van der Waals surface area contributed by atoms with E-state index in [9.17, 15) is 14.4 Å². The Morgan fingerprint density at radius 3 is 2.74 bits per heavy atom. The standard InChI is InChI=1S/C26H27N3O5/c1-17-5-10-22(25(31)27-17)29-14-21-20(26(29)32)3-2-4-23(21)34-15-19-8-6-18(7-9-19)13-28-11-12-33-16-24(28)30/h2-4,6-9,22H,1,5,10-16H2,(H,27,31)/i11D2,16D2. The van der Waals surface area contributed by atoms with Crippen LogP contribution in [-0.4, -0.2) is 53.2 Å². The van der Waals surface area contributed by atoms with Crippen LogP contribution < -0.4 is 10.1 Å². The van der Waals surface area contributed by atoms with Gasteiger partial charge in [-0.1, -0.05) is 36.9 Å².